The Morgan fingerprint density at radius 2 is 1.90 bits per heavy atom. The Kier molecular flexibility index (Phi) is 2.18. The Labute approximate surface area is 58.6 Å². The van der Waals surface area contributed by atoms with Crippen molar-refractivity contribution < 1.29 is 23.5 Å². The van der Waals surface area contributed by atoms with Crippen LogP contribution in [-0.4, -0.2) is 21.9 Å². The van der Waals surface area contributed by atoms with Gasteiger partial charge in [0.2, 0.25) is 0 Å². The van der Waals surface area contributed by atoms with E-state index in [9.17, 15) is 9.59 Å². The van der Waals surface area contributed by atoms with Crippen LogP contribution in [0.1, 0.15) is 0 Å². The monoisotopic (exact) mass is 160 g/mol. The summed E-state index contributed by atoms with van der Waals surface area (Å²) in [5.74, 6) is -1.26. The second kappa shape index (κ2) is 3.13. The zero-order valence-electron chi connectivity index (χ0n) is 4.90. The van der Waals surface area contributed by atoms with E-state index in [1.165, 1.54) is 0 Å². The molecule has 1 heterocycles. The van der Waals surface area contributed by atoms with Crippen LogP contribution in [0, 0.1) is 0 Å². The fourth-order valence-electron chi connectivity index (χ4n) is 0.376. The zero-order chi connectivity index (χ0) is 7.40. The van der Waals surface area contributed by atoms with Gasteiger partial charge in [0.15, 0.2) is 0 Å². The standard InChI is InChI=1S/C4H4O5Si/c5-3-1-2-4(6)8-10-9-7-3/h1-2H,10H2/b2-1-. The van der Waals surface area contributed by atoms with E-state index in [1.54, 1.807) is 0 Å². The molecule has 54 valence electrons. The highest BCUT2D eigenvalue weighted by Gasteiger charge is 2.06. The van der Waals surface area contributed by atoms with Crippen molar-refractivity contribution in [1.82, 2.24) is 0 Å². The number of hydrogen-bond donors (Lipinski definition) is 0. The van der Waals surface area contributed by atoms with Gasteiger partial charge >= 0.3 is 21.9 Å². The van der Waals surface area contributed by atoms with Crippen LogP contribution in [0.25, 0.3) is 0 Å². The molecule has 0 saturated carbocycles. The highest BCUT2D eigenvalue weighted by atomic mass is 28.3. The fourth-order valence-corrected chi connectivity index (χ4v) is 0.801. The molecule has 0 amide bonds. The maximum atomic E-state index is 10.4. The van der Waals surface area contributed by atoms with Crippen molar-refractivity contribution in [2.24, 2.45) is 0 Å². The zero-order valence-corrected chi connectivity index (χ0v) is 6.32. The topological polar surface area (TPSA) is 61.8 Å². The summed E-state index contributed by atoms with van der Waals surface area (Å²) in [6.45, 7) is 0. The van der Waals surface area contributed by atoms with Gasteiger partial charge in [-0.3, -0.25) is 0 Å². The molecule has 0 aromatic heterocycles. The van der Waals surface area contributed by atoms with E-state index in [2.05, 4.69) is 13.9 Å². The lowest BCUT2D eigenvalue weighted by Crippen LogP contribution is -2.15. The second-order valence-electron chi connectivity index (χ2n) is 1.43. The Balaban J connectivity index is 2.58. The summed E-state index contributed by atoms with van der Waals surface area (Å²) in [7, 11) is -1.47. The summed E-state index contributed by atoms with van der Waals surface area (Å²) >= 11 is 0. The quantitative estimate of drug-likeness (QED) is 0.321. The molecule has 0 fully saturated rings. The van der Waals surface area contributed by atoms with Gasteiger partial charge in [-0.1, -0.05) is 0 Å². The van der Waals surface area contributed by atoms with Crippen molar-refractivity contribution in [2.75, 3.05) is 0 Å². The first-order chi connectivity index (χ1) is 4.79. The molecule has 6 heteroatoms. The van der Waals surface area contributed by atoms with E-state index in [0.29, 0.717) is 0 Å². The van der Waals surface area contributed by atoms with Crippen molar-refractivity contribution >= 4 is 21.9 Å². The van der Waals surface area contributed by atoms with Gasteiger partial charge in [0, 0.05) is 12.2 Å². The molecule has 0 unspecified atom stereocenters. The van der Waals surface area contributed by atoms with E-state index in [1.807, 2.05) is 0 Å². The van der Waals surface area contributed by atoms with Gasteiger partial charge in [0.25, 0.3) is 0 Å². The molecule has 0 aliphatic carbocycles. The number of carbonyl (C=O) groups is 2. The van der Waals surface area contributed by atoms with Crippen LogP contribution >= 0.6 is 0 Å². The smallest absolute Gasteiger partial charge is 0.418 e. The third-order valence-corrected chi connectivity index (χ3v) is 1.36. The fraction of sp³-hybridized carbons (Fsp3) is 0. The first-order valence-electron chi connectivity index (χ1n) is 2.47. The minimum atomic E-state index is -1.47. The van der Waals surface area contributed by atoms with E-state index >= 15 is 0 Å². The molecule has 0 spiro atoms. The Bertz CT molecular complexity index is 166. The molecular formula is C4H4O5Si. The van der Waals surface area contributed by atoms with Crippen LogP contribution < -0.4 is 0 Å². The lowest BCUT2D eigenvalue weighted by Gasteiger charge is -2.03. The predicted molar refractivity (Wildman–Crippen MR) is 31.0 cm³/mol. The van der Waals surface area contributed by atoms with Crippen LogP contribution in [0.15, 0.2) is 12.2 Å². The minimum Gasteiger partial charge on any atom is -0.493 e. The Morgan fingerprint density at radius 3 is 2.70 bits per heavy atom. The molecule has 1 aliphatic rings. The summed E-state index contributed by atoms with van der Waals surface area (Å²) in [6.07, 6.45) is 1.94. The normalized spacial score (nSPS) is 24.4. The van der Waals surface area contributed by atoms with Crippen molar-refractivity contribution in [3.63, 3.8) is 0 Å². The van der Waals surface area contributed by atoms with Crippen LogP contribution in [0.4, 0.5) is 0 Å². The molecule has 1 rings (SSSR count). The predicted octanol–water partition coefficient (Wildman–Crippen LogP) is -1.43. The molecule has 0 saturated heterocycles. The Hall–Kier alpha value is -1.14. The molecule has 1 aliphatic heterocycles. The van der Waals surface area contributed by atoms with E-state index in [-0.39, 0.29) is 0 Å². The third kappa shape index (κ3) is 2.00. The highest BCUT2D eigenvalue weighted by Crippen LogP contribution is 1.90. The van der Waals surface area contributed by atoms with Crippen molar-refractivity contribution in [3.8, 4) is 0 Å². The second-order valence-corrected chi connectivity index (χ2v) is 2.19. The first kappa shape index (κ1) is 6.97. The van der Waals surface area contributed by atoms with Crippen LogP contribution in [0.2, 0.25) is 0 Å². The van der Waals surface area contributed by atoms with Crippen molar-refractivity contribution in [2.45, 2.75) is 0 Å². The third-order valence-electron chi connectivity index (χ3n) is 0.746. The molecule has 0 bridgehead atoms. The molecule has 0 aromatic carbocycles. The van der Waals surface area contributed by atoms with Gasteiger partial charge < -0.3 is 9.31 Å². The molecule has 10 heavy (non-hydrogen) atoms. The highest BCUT2D eigenvalue weighted by molar-refractivity contribution is 6.23. The Morgan fingerprint density at radius 1 is 1.20 bits per heavy atom. The lowest BCUT2D eigenvalue weighted by molar-refractivity contribution is -0.214. The SMILES string of the molecule is O=C1/C=C\C(=O)O[SiH2]OO1. The van der Waals surface area contributed by atoms with Gasteiger partial charge in [0.05, 0.1) is 0 Å². The molecule has 0 N–H and O–H groups in total. The van der Waals surface area contributed by atoms with Crippen LogP contribution in [0.5, 0.6) is 0 Å². The minimum absolute atomic E-state index is 0.566. The maximum absolute atomic E-state index is 10.4. The van der Waals surface area contributed by atoms with Gasteiger partial charge in [-0.15, -0.1) is 0 Å². The summed E-state index contributed by atoms with van der Waals surface area (Å²) < 4.78 is 8.70. The molecule has 0 atom stereocenters. The van der Waals surface area contributed by atoms with Gasteiger partial charge in [-0.25, -0.2) is 9.59 Å². The molecule has 5 nitrogen and oxygen atoms in total. The van der Waals surface area contributed by atoms with Crippen molar-refractivity contribution in [1.29, 1.82) is 0 Å². The number of hydrogen-bond acceptors (Lipinski definition) is 5. The first-order valence-corrected chi connectivity index (χ1v) is 3.63. The maximum Gasteiger partial charge on any atom is 0.418 e. The van der Waals surface area contributed by atoms with Crippen LogP contribution in [0.3, 0.4) is 0 Å². The molecular weight excluding hydrogens is 156 g/mol. The average Bonchev–Trinajstić information content (AvgIpc) is 1.90. The van der Waals surface area contributed by atoms with Gasteiger partial charge in [-0.05, 0) is 0 Å². The summed E-state index contributed by atoms with van der Waals surface area (Å²) in [5, 5.41) is 0. The van der Waals surface area contributed by atoms with Crippen LogP contribution in [-0.2, 0) is 23.5 Å². The summed E-state index contributed by atoms with van der Waals surface area (Å²) in [5.41, 5.74) is 0. The number of carbonyl (C=O) groups excluding carboxylic acids is 2. The lowest BCUT2D eigenvalue weighted by atomic mass is 10.5. The largest absolute Gasteiger partial charge is 0.493 e. The van der Waals surface area contributed by atoms with Gasteiger partial charge in [0.1, 0.15) is 0 Å². The van der Waals surface area contributed by atoms with Gasteiger partial charge in [-0.2, -0.15) is 4.58 Å². The molecule has 0 aromatic rings. The summed E-state index contributed by atoms with van der Waals surface area (Å²) in [4.78, 5) is 24.9. The van der Waals surface area contributed by atoms with E-state index in [0.717, 1.165) is 12.2 Å². The average molecular weight is 160 g/mol. The van der Waals surface area contributed by atoms with Crippen molar-refractivity contribution in [3.05, 3.63) is 12.2 Å². The molecule has 0 radical (unpaired) electrons. The van der Waals surface area contributed by atoms with E-state index < -0.39 is 21.9 Å². The van der Waals surface area contributed by atoms with E-state index in [4.69, 9.17) is 0 Å². The summed E-state index contributed by atoms with van der Waals surface area (Å²) in [6, 6.07) is 0. The number of rotatable bonds is 0.